The van der Waals surface area contributed by atoms with Gasteiger partial charge in [-0.2, -0.15) is 0 Å². The summed E-state index contributed by atoms with van der Waals surface area (Å²) in [4.78, 5) is 14.3. The van der Waals surface area contributed by atoms with Gasteiger partial charge in [0, 0.05) is 18.5 Å². The van der Waals surface area contributed by atoms with Gasteiger partial charge < -0.3 is 9.42 Å². The SMILES string of the molecule is CC(C)c1cc([C@H]2CCCN2C(=O)c2cc(F)c(F)cc2Cl)no1. The number of amides is 1. The molecule has 1 saturated heterocycles. The number of carbonyl (C=O) groups excluding carboxylic acids is 1. The highest BCUT2D eigenvalue weighted by atomic mass is 35.5. The van der Waals surface area contributed by atoms with Crippen molar-refractivity contribution in [3.63, 3.8) is 0 Å². The molecule has 0 bridgehead atoms. The maximum atomic E-state index is 13.5. The summed E-state index contributed by atoms with van der Waals surface area (Å²) in [5.74, 6) is -1.67. The third-order valence-corrected chi connectivity index (χ3v) is 4.52. The minimum Gasteiger partial charge on any atom is -0.361 e. The molecule has 1 aliphatic heterocycles. The zero-order valence-electron chi connectivity index (χ0n) is 13.4. The minimum atomic E-state index is -1.10. The number of aromatic nitrogens is 1. The number of rotatable bonds is 3. The maximum absolute atomic E-state index is 13.5. The van der Waals surface area contributed by atoms with E-state index in [0.717, 1.165) is 30.7 Å². The van der Waals surface area contributed by atoms with E-state index in [0.29, 0.717) is 12.2 Å². The molecule has 1 atom stereocenters. The fraction of sp³-hybridized carbons (Fsp3) is 0.412. The molecule has 1 fully saturated rings. The molecule has 0 unspecified atom stereocenters. The van der Waals surface area contributed by atoms with Crippen molar-refractivity contribution in [2.75, 3.05) is 6.54 Å². The first-order valence-electron chi connectivity index (χ1n) is 7.80. The van der Waals surface area contributed by atoms with E-state index in [1.807, 2.05) is 19.9 Å². The van der Waals surface area contributed by atoms with Gasteiger partial charge in [-0.3, -0.25) is 4.79 Å². The van der Waals surface area contributed by atoms with Crippen molar-refractivity contribution in [1.29, 1.82) is 0 Å². The van der Waals surface area contributed by atoms with E-state index in [2.05, 4.69) is 5.16 Å². The third-order valence-electron chi connectivity index (χ3n) is 4.21. The molecular weight excluding hydrogens is 338 g/mol. The Hall–Kier alpha value is -1.95. The van der Waals surface area contributed by atoms with E-state index in [9.17, 15) is 13.6 Å². The summed E-state index contributed by atoms with van der Waals surface area (Å²) in [7, 11) is 0. The molecule has 0 spiro atoms. The molecule has 1 aliphatic rings. The van der Waals surface area contributed by atoms with Crippen LogP contribution in [0.3, 0.4) is 0 Å². The third kappa shape index (κ3) is 3.02. The first-order valence-corrected chi connectivity index (χ1v) is 8.18. The van der Waals surface area contributed by atoms with Crippen molar-refractivity contribution in [2.24, 2.45) is 0 Å². The lowest BCUT2D eigenvalue weighted by Gasteiger charge is -2.23. The molecular formula is C17H17ClF2N2O2. The summed E-state index contributed by atoms with van der Waals surface area (Å²) >= 11 is 5.93. The highest BCUT2D eigenvalue weighted by Gasteiger charge is 2.34. The highest BCUT2D eigenvalue weighted by molar-refractivity contribution is 6.33. The van der Waals surface area contributed by atoms with Crippen molar-refractivity contribution in [3.05, 3.63) is 51.9 Å². The van der Waals surface area contributed by atoms with Gasteiger partial charge in [0.15, 0.2) is 11.6 Å². The van der Waals surface area contributed by atoms with Crippen LogP contribution < -0.4 is 0 Å². The monoisotopic (exact) mass is 354 g/mol. The summed E-state index contributed by atoms with van der Waals surface area (Å²) in [5.41, 5.74) is 0.623. The summed E-state index contributed by atoms with van der Waals surface area (Å²) in [5, 5.41) is 3.96. The van der Waals surface area contributed by atoms with Crippen molar-refractivity contribution >= 4 is 17.5 Å². The number of halogens is 3. The lowest BCUT2D eigenvalue weighted by Crippen LogP contribution is -2.31. The minimum absolute atomic E-state index is 0.0463. The zero-order valence-corrected chi connectivity index (χ0v) is 14.1. The maximum Gasteiger partial charge on any atom is 0.256 e. The van der Waals surface area contributed by atoms with Crippen LogP contribution >= 0.6 is 11.6 Å². The van der Waals surface area contributed by atoms with Crippen molar-refractivity contribution in [2.45, 2.75) is 38.6 Å². The molecule has 4 nitrogen and oxygen atoms in total. The van der Waals surface area contributed by atoms with E-state index in [-0.39, 0.29) is 22.5 Å². The van der Waals surface area contributed by atoms with Gasteiger partial charge >= 0.3 is 0 Å². The van der Waals surface area contributed by atoms with Gasteiger partial charge in [-0.1, -0.05) is 30.6 Å². The fourth-order valence-electron chi connectivity index (χ4n) is 2.89. The van der Waals surface area contributed by atoms with Gasteiger partial charge in [0.1, 0.15) is 11.5 Å². The quantitative estimate of drug-likeness (QED) is 0.750. The van der Waals surface area contributed by atoms with Gasteiger partial charge in [0.2, 0.25) is 0 Å². The second-order valence-electron chi connectivity index (χ2n) is 6.21. The number of likely N-dealkylation sites (tertiary alicyclic amines) is 1. The topological polar surface area (TPSA) is 46.3 Å². The second-order valence-corrected chi connectivity index (χ2v) is 6.62. The van der Waals surface area contributed by atoms with Gasteiger partial charge in [-0.25, -0.2) is 8.78 Å². The van der Waals surface area contributed by atoms with Crippen LogP contribution in [0.25, 0.3) is 0 Å². The van der Waals surface area contributed by atoms with Crippen LogP contribution in [0.15, 0.2) is 22.7 Å². The van der Waals surface area contributed by atoms with Crippen LogP contribution in [0.1, 0.15) is 60.5 Å². The molecule has 7 heteroatoms. The first kappa shape index (κ1) is 16.9. The summed E-state index contributed by atoms with van der Waals surface area (Å²) in [6.07, 6.45) is 1.53. The first-order chi connectivity index (χ1) is 11.4. The van der Waals surface area contributed by atoms with Crippen molar-refractivity contribution in [1.82, 2.24) is 10.1 Å². The molecule has 0 saturated carbocycles. The zero-order chi connectivity index (χ0) is 17.4. The Balaban J connectivity index is 1.90. The molecule has 2 heterocycles. The van der Waals surface area contributed by atoms with Crippen LogP contribution in [0.4, 0.5) is 8.78 Å². The molecule has 0 N–H and O–H groups in total. The number of hydrogen-bond acceptors (Lipinski definition) is 3. The molecule has 1 amide bonds. The fourth-order valence-corrected chi connectivity index (χ4v) is 3.12. The molecule has 0 aliphatic carbocycles. The Kier molecular flexibility index (Phi) is 4.58. The average Bonchev–Trinajstić information content (AvgIpc) is 3.18. The number of hydrogen-bond donors (Lipinski definition) is 0. The Labute approximate surface area is 143 Å². The van der Waals surface area contributed by atoms with Gasteiger partial charge in [0.05, 0.1) is 16.6 Å². The van der Waals surface area contributed by atoms with E-state index >= 15 is 0 Å². The molecule has 1 aromatic heterocycles. The van der Waals surface area contributed by atoms with E-state index in [1.54, 1.807) is 4.90 Å². The molecule has 24 heavy (non-hydrogen) atoms. The standard InChI is InChI=1S/C17H17ClF2N2O2/c1-9(2)16-8-14(21-24-16)15-4-3-5-22(15)17(23)10-6-12(19)13(20)7-11(10)18/h6-9,15H,3-5H2,1-2H3/t15-/m1/s1. The number of carbonyl (C=O) groups is 1. The largest absolute Gasteiger partial charge is 0.361 e. The van der Waals surface area contributed by atoms with Crippen LogP contribution in [0.2, 0.25) is 5.02 Å². The van der Waals surface area contributed by atoms with Crippen LogP contribution in [0.5, 0.6) is 0 Å². The lowest BCUT2D eigenvalue weighted by molar-refractivity contribution is 0.0730. The smallest absolute Gasteiger partial charge is 0.256 e. The molecule has 0 radical (unpaired) electrons. The Bertz CT molecular complexity index is 776. The van der Waals surface area contributed by atoms with Gasteiger partial charge in [-0.15, -0.1) is 0 Å². The summed E-state index contributed by atoms with van der Waals surface area (Å²) in [6.45, 7) is 4.48. The predicted molar refractivity (Wildman–Crippen MR) is 85.0 cm³/mol. The normalized spacial score (nSPS) is 17.8. The van der Waals surface area contributed by atoms with Gasteiger partial charge in [-0.05, 0) is 25.0 Å². The Morgan fingerprint density at radius 1 is 1.33 bits per heavy atom. The summed E-state index contributed by atoms with van der Waals surface area (Å²) in [6, 6.07) is 3.26. The van der Waals surface area contributed by atoms with E-state index < -0.39 is 17.5 Å². The van der Waals surface area contributed by atoms with Gasteiger partial charge in [0.25, 0.3) is 5.91 Å². The molecule has 1 aromatic carbocycles. The highest BCUT2D eigenvalue weighted by Crippen LogP contribution is 2.35. The lowest BCUT2D eigenvalue weighted by atomic mass is 10.1. The van der Waals surface area contributed by atoms with Crippen molar-refractivity contribution in [3.8, 4) is 0 Å². The second kappa shape index (κ2) is 6.51. The average molecular weight is 355 g/mol. The van der Waals surface area contributed by atoms with Crippen LogP contribution in [-0.2, 0) is 0 Å². The Morgan fingerprint density at radius 2 is 2.04 bits per heavy atom. The van der Waals surface area contributed by atoms with Crippen molar-refractivity contribution < 1.29 is 18.1 Å². The molecule has 3 rings (SSSR count). The predicted octanol–water partition coefficient (Wildman–Crippen LogP) is 4.71. The molecule has 2 aromatic rings. The van der Waals surface area contributed by atoms with Crippen LogP contribution in [0, 0.1) is 11.6 Å². The van der Waals surface area contributed by atoms with E-state index in [1.165, 1.54) is 0 Å². The number of nitrogens with zero attached hydrogens (tertiary/aromatic N) is 2. The Morgan fingerprint density at radius 3 is 2.71 bits per heavy atom. The molecule has 128 valence electrons. The van der Waals surface area contributed by atoms with Crippen LogP contribution in [-0.4, -0.2) is 22.5 Å². The van der Waals surface area contributed by atoms with E-state index in [4.69, 9.17) is 16.1 Å². The number of benzene rings is 1. The summed E-state index contributed by atoms with van der Waals surface area (Å²) < 4.78 is 32.0.